The lowest BCUT2D eigenvalue weighted by Crippen LogP contribution is -2.51. The number of carbonyl (C=O) groups excluding carboxylic acids is 1. The van der Waals surface area contributed by atoms with E-state index in [9.17, 15) is 4.79 Å². The van der Waals surface area contributed by atoms with Crippen molar-refractivity contribution in [2.75, 3.05) is 19.0 Å². The molecule has 4 heteroatoms. The minimum atomic E-state index is -2.03. The van der Waals surface area contributed by atoms with Gasteiger partial charge in [0.2, 0.25) is 0 Å². The molecule has 0 bridgehead atoms. The number of anilines is 1. The first-order chi connectivity index (χ1) is 10.5. The van der Waals surface area contributed by atoms with Crippen LogP contribution in [0.4, 0.5) is 11.4 Å². The highest BCUT2D eigenvalue weighted by atomic mass is 28.3. The molecule has 0 fully saturated rings. The predicted octanol–water partition coefficient (Wildman–Crippen LogP) is 2.91. The normalized spacial score (nSPS) is 22.4. The zero-order chi connectivity index (χ0) is 15.9. The number of rotatable bonds is 3. The quantitative estimate of drug-likeness (QED) is 0.488. The van der Waals surface area contributed by atoms with Crippen molar-refractivity contribution in [3.63, 3.8) is 0 Å². The zero-order valence-corrected chi connectivity index (χ0v) is 14.3. The molecular weight excluding hydrogens is 288 g/mol. The van der Waals surface area contributed by atoms with E-state index in [2.05, 4.69) is 36.2 Å². The molecule has 0 aromatic heterocycles. The minimum Gasteiger partial charge on any atom is -0.378 e. The Hall–Kier alpha value is -2.20. The summed E-state index contributed by atoms with van der Waals surface area (Å²) in [5, 5.41) is 2.42. The molecule has 1 atom stereocenters. The van der Waals surface area contributed by atoms with E-state index in [4.69, 9.17) is 4.99 Å². The lowest BCUT2D eigenvalue weighted by atomic mass is 10.1. The van der Waals surface area contributed by atoms with Crippen LogP contribution >= 0.6 is 0 Å². The second kappa shape index (κ2) is 5.21. The molecule has 0 saturated carbocycles. The molecule has 0 amide bonds. The molecule has 0 saturated heterocycles. The van der Waals surface area contributed by atoms with E-state index >= 15 is 0 Å². The van der Waals surface area contributed by atoms with Crippen LogP contribution < -0.4 is 10.1 Å². The molecule has 0 radical (unpaired) electrons. The number of hydrogen-bond donors (Lipinski definition) is 0. The molecule has 3 nitrogen and oxygen atoms in total. The second-order valence-electron chi connectivity index (χ2n) is 6.21. The molecule has 112 valence electrons. The average Bonchev–Trinajstić information content (AvgIpc) is 2.48. The molecular formula is C18H20N2OSi. The Morgan fingerprint density at radius 3 is 2.77 bits per heavy atom. The van der Waals surface area contributed by atoms with Crippen LogP contribution in [0.1, 0.15) is 0 Å². The first kappa shape index (κ1) is 14.7. The molecule has 0 N–H and O–H groups in total. The first-order valence-corrected chi connectivity index (χ1v) is 10.1. The van der Waals surface area contributed by atoms with Crippen molar-refractivity contribution in [1.29, 1.82) is 0 Å². The molecule has 22 heavy (non-hydrogen) atoms. The summed E-state index contributed by atoms with van der Waals surface area (Å²) in [5.41, 5.74) is 3.15. The number of allylic oxidation sites excluding steroid dienone is 5. The van der Waals surface area contributed by atoms with Crippen molar-refractivity contribution in [3.8, 4) is 0 Å². The highest BCUT2D eigenvalue weighted by Crippen LogP contribution is 2.34. The first-order valence-electron chi connectivity index (χ1n) is 7.42. The maximum absolute atomic E-state index is 11.9. The van der Waals surface area contributed by atoms with Crippen LogP contribution in [0.25, 0.3) is 0 Å². The van der Waals surface area contributed by atoms with Crippen molar-refractivity contribution in [2.24, 2.45) is 4.99 Å². The number of nitrogens with zero attached hydrogens (tertiary/aromatic N) is 2. The van der Waals surface area contributed by atoms with Crippen LogP contribution in [0.3, 0.4) is 0 Å². The molecule has 0 spiro atoms. The SMILES string of the molecule is C=CC[Si]1(C)C2=CC(=O)C=CC2=Nc2ccc(N(C)C)cc21. The van der Waals surface area contributed by atoms with Crippen molar-refractivity contribution in [1.82, 2.24) is 0 Å². The summed E-state index contributed by atoms with van der Waals surface area (Å²) < 4.78 is 0. The van der Waals surface area contributed by atoms with Crippen molar-refractivity contribution >= 4 is 36.1 Å². The van der Waals surface area contributed by atoms with Gasteiger partial charge < -0.3 is 4.90 Å². The van der Waals surface area contributed by atoms with Gasteiger partial charge in [-0.3, -0.25) is 4.79 Å². The molecule has 1 aliphatic carbocycles. The Labute approximate surface area is 132 Å². The van der Waals surface area contributed by atoms with E-state index in [0.29, 0.717) is 0 Å². The van der Waals surface area contributed by atoms with Gasteiger partial charge >= 0.3 is 0 Å². The van der Waals surface area contributed by atoms with E-state index in [1.54, 1.807) is 12.2 Å². The highest BCUT2D eigenvalue weighted by molar-refractivity contribution is 7.02. The molecule has 2 aliphatic rings. The third-order valence-corrected chi connectivity index (χ3v) is 8.73. The molecule has 1 aromatic rings. The lowest BCUT2D eigenvalue weighted by molar-refractivity contribution is -0.110. The fourth-order valence-corrected chi connectivity index (χ4v) is 6.82. The summed E-state index contributed by atoms with van der Waals surface area (Å²) in [7, 11) is 2.05. The van der Waals surface area contributed by atoms with Gasteiger partial charge in [0.15, 0.2) is 5.78 Å². The standard InChI is InChI=1S/C18H20N2OSi/c1-5-10-22(4)17-11-13(20(2)3)6-8-15(17)19-16-9-7-14(21)12-18(16)22/h5-9,11-12H,1,10H2,2-4H3. The maximum Gasteiger partial charge on any atom is 0.178 e. The molecule has 3 rings (SSSR count). The Balaban J connectivity index is 2.27. The Morgan fingerprint density at radius 2 is 2.09 bits per heavy atom. The van der Waals surface area contributed by atoms with Crippen LogP contribution in [-0.4, -0.2) is 33.7 Å². The largest absolute Gasteiger partial charge is 0.378 e. The van der Waals surface area contributed by atoms with Crippen LogP contribution in [0, 0.1) is 0 Å². The van der Waals surface area contributed by atoms with Gasteiger partial charge in [0.05, 0.1) is 11.4 Å². The average molecular weight is 308 g/mol. The summed E-state index contributed by atoms with van der Waals surface area (Å²) in [5.74, 6) is 0.0592. The fourth-order valence-electron chi connectivity index (χ4n) is 3.18. The number of benzene rings is 1. The van der Waals surface area contributed by atoms with Crippen molar-refractivity contribution in [3.05, 3.63) is 54.3 Å². The smallest absolute Gasteiger partial charge is 0.178 e. The Morgan fingerprint density at radius 1 is 1.32 bits per heavy atom. The van der Waals surface area contributed by atoms with Gasteiger partial charge in [-0.25, -0.2) is 4.99 Å². The van der Waals surface area contributed by atoms with Gasteiger partial charge in [-0.2, -0.15) is 0 Å². The van der Waals surface area contributed by atoms with Gasteiger partial charge in [-0.1, -0.05) is 12.6 Å². The second-order valence-corrected chi connectivity index (χ2v) is 10.4. The summed E-state index contributed by atoms with van der Waals surface area (Å²) >= 11 is 0. The van der Waals surface area contributed by atoms with E-state index < -0.39 is 8.07 Å². The van der Waals surface area contributed by atoms with Gasteiger partial charge in [0.1, 0.15) is 8.07 Å². The predicted molar refractivity (Wildman–Crippen MR) is 96.4 cm³/mol. The number of hydrogen-bond acceptors (Lipinski definition) is 3. The summed E-state index contributed by atoms with van der Waals surface area (Å²) in [4.78, 5) is 18.7. The number of aliphatic imine (C=N–C) groups is 1. The molecule has 1 aliphatic heterocycles. The molecule has 1 unspecified atom stereocenters. The topological polar surface area (TPSA) is 32.7 Å². The number of ketones is 1. The zero-order valence-electron chi connectivity index (χ0n) is 13.3. The van der Waals surface area contributed by atoms with Crippen molar-refractivity contribution in [2.45, 2.75) is 12.6 Å². The van der Waals surface area contributed by atoms with Gasteiger partial charge in [-0.05, 0) is 52.9 Å². The van der Waals surface area contributed by atoms with Crippen LogP contribution in [-0.2, 0) is 4.79 Å². The van der Waals surface area contributed by atoms with Crippen LogP contribution in [0.5, 0.6) is 0 Å². The van der Waals surface area contributed by atoms with Crippen molar-refractivity contribution < 1.29 is 4.79 Å². The maximum atomic E-state index is 11.9. The van der Waals surface area contributed by atoms with E-state index in [1.807, 2.05) is 26.2 Å². The third kappa shape index (κ3) is 2.20. The lowest BCUT2D eigenvalue weighted by Gasteiger charge is -2.36. The highest BCUT2D eigenvalue weighted by Gasteiger charge is 2.40. The Bertz CT molecular complexity index is 758. The van der Waals surface area contributed by atoms with Crippen LogP contribution in [0.2, 0.25) is 12.6 Å². The summed E-state index contributed by atoms with van der Waals surface area (Å²) in [6.45, 7) is 6.25. The van der Waals surface area contributed by atoms with Gasteiger partial charge in [0, 0.05) is 19.8 Å². The van der Waals surface area contributed by atoms with Gasteiger partial charge in [-0.15, -0.1) is 6.58 Å². The summed E-state index contributed by atoms with van der Waals surface area (Å²) in [6, 6.07) is 7.32. The number of carbonyl (C=O) groups is 1. The van der Waals surface area contributed by atoms with Gasteiger partial charge in [0.25, 0.3) is 0 Å². The van der Waals surface area contributed by atoms with E-state index in [-0.39, 0.29) is 5.78 Å². The van der Waals surface area contributed by atoms with Crippen LogP contribution in [0.15, 0.2) is 59.3 Å². The third-order valence-electron chi connectivity index (χ3n) is 4.45. The fraction of sp³-hybridized carbons (Fsp3) is 0.222. The van der Waals surface area contributed by atoms with E-state index in [1.165, 1.54) is 10.9 Å². The number of fused-ring (bicyclic) bond motifs is 2. The van der Waals surface area contributed by atoms with E-state index in [0.717, 1.165) is 22.6 Å². The molecule has 1 aromatic carbocycles. The molecule has 1 heterocycles. The Kier molecular flexibility index (Phi) is 3.49. The summed E-state index contributed by atoms with van der Waals surface area (Å²) in [6.07, 6.45) is 7.21. The minimum absolute atomic E-state index is 0.0592. The monoisotopic (exact) mass is 308 g/mol.